The average molecular weight is 454 g/mol. The summed E-state index contributed by atoms with van der Waals surface area (Å²) < 4.78 is 27.5. The van der Waals surface area contributed by atoms with Gasteiger partial charge < -0.3 is 14.0 Å². The molecule has 1 aromatic heterocycles. The Morgan fingerprint density at radius 2 is 1.86 bits per heavy atom. The minimum absolute atomic E-state index is 0.141. The molecule has 4 nitrogen and oxygen atoms in total. The third kappa shape index (κ3) is 3.89. The molecule has 0 N–H and O–H groups in total. The summed E-state index contributed by atoms with van der Waals surface area (Å²) in [6.07, 6.45) is 1.79. The maximum atomic E-state index is 14.7. The molecule has 0 fully saturated rings. The van der Waals surface area contributed by atoms with Gasteiger partial charge in [-0.1, -0.05) is 30.3 Å². The minimum atomic E-state index is -0.597. The van der Waals surface area contributed by atoms with Gasteiger partial charge in [-0.3, -0.25) is 0 Å². The van der Waals surface area contributed by atoms with Gasteiger partial charge in [0.2, 0.25) is 0 Å². The van der Waals surface area contributed by atoms with Crippen LogP contribution in [0.25, 0.3) is 16.6 Å². The van der Waals surface area contributed by atoms with Crippen molar-refractivity contribution in [3.05, 3.63) is 94.3 Å². The normalized spacial score (nSPS) is 10.9. The van der Waals surface area contributed by atoms with Crippen LogP contribution >= 0.6 is 15.9 Å². The maximum Gasteiger partial charge on any atom is 0.339 e. The Balaban J connectivity index is 1.64. The number of hydrogen-bond donors (Lipinski definition) is 0. The molecule has 0 saturated heterocycles. The zero-order valence-corrected chi connectivity index (χ0v) is 17.1. The fourth-order valence-electron chi connectivity index (χ4n) is 3.15. The number of esters is 1. The maximum absolute atomic E-state index is 14.7. The molecule has 0 unspecified atom stereocenters. The van der Waals surface area contributed by atoms with Crippen molar-refractivity contribution in [1.29, 1.82) is 0 Å². The van der Waals surface area contributed by atoms with Gasteiger partial charge in [0.15, 0.2) is 0 Å². The van der Waals surface area contributed by atoms with E-state index in [-0.39, 0.29) is 5.56 Å². The third-order valence-corrected chi connectivity index (χ3v) is 5.27. The molecule has 0 amide bonds. The number of methoxy groups -OCH3 is 1. The number of fused-ring (bicyclic) bond motifs is 1. The number of rotatable bonds is 5. The lowest BCUT2D eigenvalue weighted by atomic mass is 10.2. The lowest BCUT2D eigenvalue weighted by molar-refractivity contribution is 0.0599. The Hall–Kier alpha value is -3.12. The highest BCUT2D eigenvalue weighted by Gasteiger charge is 2.17. The number of carbonyl (C=O) groups excluding carboxylic acids is 1. The summed E-state index contributed by atoms with van der Waals surface area (Å²) in [5.41, 5.74) is 2.38. The first-order chi connectivity index (χ1) is 14.1. The summed E-state index contributed by atoms with van der Waals surface area (Å²) in [7, 11) is 1.26. The summed E-state index contributed by atoms with van der Waals surface area (Å²) in [5.74, 6) is -0.378. The molecule has 0 atom stereocenters. The zero-order valence-electron chi connectivity index (χ0n) is 15.6. The third-order valence-electron chi connectivity index (χ3n) is 4.61. The van der Waals surface area contributed by atoms with Gasteiger partial charge in [0.05, 0.1) is 23.9 Å². The smallest absolute Gasteiger partial charge is 0.339 e. The topological polar surface area (TPSA) is 40.5 Å². The highest BCUT2D eigenvalue weighted by atomic mass is 79.9. The lowest BCUT2D eigenvalue weighted by Crippen LogP contribution is -2.05. The Labute approximate surface area is 175 Å². The van der Waals surface area contributed by atoms with Crippen molar-refractivity contribution in [2.24, 2.45) is 0 Å². The van der Waals surface area contributed by atoms with Crippen molar-refractivity contribution < 1.29 is 18.7 Å². The second-order valence-corrected chi connectivity index (χ2v) is 7.31. The number of halogens is 2. The predicted octanol–water partition coefficient (Wildman–Crippen LogP) is 5.90. The van der Waals surface area contributed by atoms with Crippen molar-refractivity contribution in [2.45, 2.75) is 6.61 Å². The van der Waals surface area contributed by atoms with Crippen LogP contribution in [0.4, 0.5) is 4.39 Å². The van der Waals surface area contributed by atoms with Crippen molar-refractivity contribution >= 4 is 32.8 Å². The summed E-state index contributed by atoms with van der Waals surface area (Å²) in [6, 6.07) is 20.2. The predicted molar refractivity (Wildman–Crippen MR) is 113 cm³/mol. The average Bonchev–Trinajstić information content (AvgIpc) is 3.16. The van der Waals surface area contributed by atoms with E-state index >= 15 is 0 Å². The molecular formula is C23H17BrFNO3. The van der Waals surface area contributed by atoms with Crippen LogP contribution in [0.15, 0.2) is 77.4 Å². The van der Waals surface area contributed by atoms with Gasteiger partial charge in [0.25, 0.3) is 0 Å². The first-order valence-corrected chi connectivity index (χ1v) is 9.71. The van der Waals surface area contributed by atoms with Crippen LogP contribution in [0.1, 0.15) is 15.9 Å². The summed E-state index contributed by atoms with van der Waals surface area (Å²) in [4.78, 5) is 11.8. The fraction of sp³-hybridized carbons (Fsp3) is 0.0870. The number of benzene rings is 3. The van der Waals surface area contributed by atoms with Crippen LogP contribution in [-0.4, -0.2) is 17.6 Å². The molecule has 29 heavy (non-hydrogen) atoms. The SMILES string of the molecule is COC(=O)c1cc(F)c(-n2ccc3cc(OCc4ccccc4)ccc32)cc1Br. The Kier molecular flexibility index (Phi) is 5.36. The Bertz CT molecular complexity index is 1190. The monoisotopic (exact) mass is 453 g/mol. The molecule has 3 aromatic carbocycles. The van der Waals surface area contributed by atoms with Crippen molar-refractivity contribution in [3.8, 4) is 11.4 Å². The molecule has 1 heterocycles. The lowest BCUT2D eigenvalue weighted by Gasteiger charge is -2.11. The van der Waals surface area contributed by atoms with Crippen LogP contribution in [0.2, 0.25) is 0 Å². The van der Waals surface area contributed by atoms with E-state index in [1.165, 1.54) is 13.2 Å². The van der Waals surface area contributed by atoms with Crippen LogP contribution in [-0.2, 0) is 11.3 Å². The van der Waals surface area contributed by atoms with Gasteiger partial charge >= 0.3 is 5.97 Å². The number of nitrogens with zero attached hydrogens (tertiary/aromatic N) is 1. The second-order valence-electron chi connectivity index (χ2n) is 6.46. The Morgan fingerprint density at radius 1 is 1.07 bits per heavy atom. The molecule has 0 aliphatic heterocycles. The highest BCUT2D eigenvalue weighted by molar-refractivity contribution is 9.10. The van der Waals surface area contributed by atoms with E-state index in [1.807, 2.05) is 54.6 Å². The molecule has 0 saturated carbocycles. The number of aromatic nitrogens is 1. The van der Waals surface area contributed by atoms with Crippen LogP contribution < -0.4 is 4.74 Å². The van der Waals surface area contributed by atoms with Crippen molar-refractivity contribution in [3.63, 3.8) is 0 Å². The second kappa shape index (κ2) is 8.09. The van der Waals surface area contributed by atoms with Gasteiger partial charge in [0.1, 0.15) is 18.2 Å². The largest absolute Gasteiger partial charge is 0.489 e. The van der Waals surface area contributed by atoms with Crippen LogP contribution in [0, 0.1) is 5.82 Å². The molecule has 0 aliphatic rings. The van der Waals surface area contributed by atoms with E-state index in [0.717, 1.165) is 22.2 Å². The number of ether oxygens (including phenoxy) is 2. The first kappa shape index (κ1) is 19.2. The molecule has 4 aromatic rings. The van der Waals surface area contributed by atoms with Crippen LogP contribution in [0.5, 0.6) is 5.75 Å². The standard InChI is InChI=1S/C23H17BrFNO3/c1-28-23(27)18-12-20(25)22(13-19(18)24)26-10-9-16-11-17(7-8-21(16)26)29-14-15-5-3-2-4-6-15/h2-13H,14H2,1H3. The number of carbonyl (C=O) groups is 1. The molecule has 0 spiro atoms. The zero-order chi connectivity index (χ0) is 20.4. The molecule has 0 bridgehead atoms. The molecular weight excluding hydrogens is 437 g/mol. The van der Waals surface area contributed by atoms with E-state index in [9.17, 15) is 9.18 Å². The van der Waals surface area contributed by atoms with E-state index in [1.54, 1.807) is 16.8 Å². The Morgan fingerprint density at radius 3 is 2.62 bits per heavy atom. The van der Waals surface area contributed by atoms with E-state index < -0.39 is 11.8 Å². The van der Waals surface area contributed by atoms with Gasteiger partial charge in [0, 0.05) is 16.1 Å². The molecule has 6 heteroatoms. The highest BCUT2D eigenvalue weighted by Crippen LogP contribution is 2.29. The van der Waals surface area contributed by atoms with Crippen molar-refractivity contribution in [2.75, 3.05) is 7.11 Å². The molecule has 146 valence electrons. The van der Waals surface area contributed by atoms with Gasteiger partial charge in [-0.05, 0) is 57.9 Å². The van der Waals surface area contributed by atoms with Crippen LogP contribution in [0.3, 0.4) is 0 Å². The number of hydrogen-bond acceptors (Lipinski definition) is 3. The quantitative estimate of drug-likeness (QED) is 0.353. The summed E-state index contributed by atoms with van der Waals surface area (Å²) in [6.45, 7) is 0.476. The van der Waals surface area contributed by atoms with E-state index in [2.05, 4.69) is 20.7 Å². The van der Waals surface area contributed by atoms with Crippen molar-refractivity contribution in [1.82, 2.24) is 4.57 Å². The van der Waals surface area contributed by atoms with Gasteiger partial charge in [-0.2, -0.15) is 0 Å². The first-order valence-electron chi connectivity index (χ1n) is 8.92. The molecule has 4 rings (SSSR count). The summed E-state index contributed by atoms with van der Waals surface area (Å²) >= 11 is 3.33. The van der Waals surface area contributed by atoms with E-state index in [4.69, 9.17) is 4.74 Å². The van der Waals surface area contributed by atoms with Gasteiger partial charge in [-0.15, -0.1) is 0 Å². The summed E-state index contributed by atoms with van der Waals surface area (Å²) in [5, 5.41) is 0.920. The minimum Gasteiger partial charge on any atom is -0.489 e. The van der Waals surface area contributed by atoms with E-state index in [0.29, 0.717) is 16.8 Å². The molecule has 0 aliphatic carbocycles. The van der Waals surface area contributed by atoms with Gasteiger partial charge in [-0.25, -0.2) is 9.18 Å². The fourth-order valence-corrected chi connectivity index (χ4v) is 3.64. The molecule has 0 radical (unpaired) electrons.